The normalized spacial score (nSPS) is 27.9. The lowest BCUT2D eigenvalue weighted by Crippen LogP contribution is -2.49. The van der Waals surface area contributed by atoms with Gasteiger partial charge in [-0.25, -0.2) is 0 Å². The maximum absolute atomic E-state index is 6.08. The number of hydrogen-bond acceptors (Lipinski definition) is 2. The van der Waals surface area contributed by atoms with Crippen molar-refractivity contribution in [2.45, 2.75) is 45.2 Å². The van der Waals surface area contributed by atoms with E-state index in [1.165, 1.54) is 30.4 Å². The summed E-state index contributed by atoms with van der Waals surface area (Å²) in [5.74, 6) is 0.813. The molecule has 2 nitrogen and oxygen atoms in total. The Bertz CT molecular complexity index is 402. The second-order valence-electron chi connectivity index (χ2n) is 6.06. The molecular weight excluding hydrogens is 220 g/mol. The first-order chi connectivity index (χ1) is 8.57. The predicted octanol–water partition coefficient (Wildman–Crippen LogP) is 2.94. The van der Waals surface area contributed by atoms with Gasteiger partial charge >= 0.3 is 0 Å². The van der Waals surface area contributed by atoms with E-state index in [4.69, 9.17) is 5.73 Å². The Morgan fingerprint density at radius 1 is 1.39 bits per heavy atom. The highest BCUT2D eigenvalue weighted by Gasteiger charge is 2.39. The molecule has 1 fully saturated rings. The predicted molar refractivity (Wildman–Crippen MR) is 77.4 cm³/mol. The first-order valence-corrected chi connectivity index (χ1v) is 7.03. The molecule has 2 rings (SSSR count). The molecule has 1 aromatic rings. The summed E-state index contributed by atoms with van der Waals surface area (Å²) in [6, 6.07) is 8.65. The van der Waals surface area contributed by atoms with Gasteiger partial charge in [-0.05, 0) is 50.3 Å². The molecule has 2 atom stereocenters. The fourth-order valence-corrected chi connectivity index (χ4v) is 3.27. The van der Waals surface area contributed by atoms with Crippen LogP contribution in [0.1, 0.15) is 37.3 Å². The quantitative estimate of drug-likeness (QED) is 0.885. The summed E-state index contributed by atoms with van der Waals surface area (Å²) in [5.41, 5.74) is 9.11. The van der Waals surface area contributed by atoms with Crippen LogP contribution in [-0.2, 0) is 6.54 Å². The van der Waals surface area contributed by atoms with E-state index in [9.17, 15) is 0 Å². The Labute approximate surface area is 111 Å². The van der Waals surface area contributed by atoms with Crippen LogP contribution in [0.15, 0.2) is 24.3 Å². The Morgan fingerprint density at radius 3 is 2.67 bits per heavy atom. The molecule has 0 saturated heterocycles. The van der Waals surface area contributed by atoms with Crippen molar-refractivity contribution in [1.29, 1.82) is 0 Å². The van der Waals surface area contributed by atoms with Gasteiger partial charge in [-0.1, -0.05) is 31.2 Å². The van der Waals surface area contributed by atoms with Gasteiger partial charge in [-0.15, -0.1) is 0 Å². The van der Waals surface area contributed by atoms with Crippen molar-refractivity contribution in [3.05, 3.63) is 35.4 Å². The van der Waals surface area contributed by atoms with Crippen LogP contribution in [0.25, 0.3) is 0 Å². The largest absolute Gasteiger partial charge is 0.329 e. The minimum absolute atomic E-state index is 0.224. The molecule has 0 aromatic heterocycles. The van der Waals surface area contributed by atoms with Crippen LogP contribution in [0.2, 0.25) is 0 Å². The number of aryl methyl sites for hydroxylation is 1. The second kappa shape index (κ2) is 5.41. The molecule has 1 aliphatic rings. The van der Waals surface area contributed by atoms with Crippen molar-refractivity contribution in [2.75, 3.05) is 13.6 Å². The summed E-state index contributed by atoms with van der Waals surface area (Å²) in [6.07, 6.45) is 3.80. The summed E-state index contributed by atoms with van der Waals surface area (Å²) in [5, 5.41) is 0. The molecular formula is C16H26N2. The van der Waals surface area contributed by atoms with E-state index >= 15 is 0 Å². The average molecular weight is 246 g/mol. The van der Waals surface area contributed by atoms with Gasteiger partial charge < -0.3 is 5.73 Å². The molecule has 0 heterocycles. The molecule has 18 heavy (non-hydrogen) atoms. The van der Waals surface area contributed by atoms with Gasteiger partial charge in [0.05, 0.1) is 0 Å². The average Bonchev–Trinajstić information content (AvgIpc) is 2.75. The van der Waals surface area contributed by atoms with Crippen LogP contribution in [0.5, 0.6) is 0 Å². The van der Waals surface area contributed by atoms with Gasteiger partial charge in [-0.2, -0.15) is 0 Å². The topological polar surface area (TPSA) is 29.3 Å². The van der Waals surface area contributed by atoms with Crippen LogP contribution >= 0.6 is 0 Å². The zero-order valence-electron chi connectivity index (χ0n) is 11.9. The van der Waals surface area contributed by atoms with Crippen molar-refractivity contribution in [2.24, 2.45) is 11.7 Å². The Hall–Kier alpha value is -0.860. The smallest absolute Gasteiger partial charge is 0.0334 e. The fraction of sp³-hybridized carbons (Fsp3) is 0.625. The van der Waals surface area contributed by atoms with Gasteiger partial charge in [0.15, 0.2) is 0 Å². The second-order valence-corrected chi connectivity index (χ2v) is 6.06. The van der Waals surface area contributed by atoms with Crippen LogP contribution in [-0.4, -0.2) is 24.0 Å². The molecule has 2 N–H and O–H groups in total. The highest BCUT2D eigenvalue weighted by molar-refractivity contribution is 5.25. The molecule has 0 radical (unpaired) electrons. The van der Waals surface area contributed by atoms with Crippen molar-refractivity contribution in [3.63, 3.8) is 0 Å². The fourth-order valence-electron chi connectivity index (χ4n) is 3.27. The molecule has 0 bridgehead atoms. The van der Waals surface area contributed by atoms with Gasteiger partial charge in [-0.3, -0.25) is 4.90 Å². The molecule has 2 heteroatoms. The standard InChI is InChI=1S/C16H26N2/c1-13-8-9-16(10-13,12-17)18(3)11-15-7-5-4-6-14(15)2/h4-7,13H,8-12,17H2,1-3H3. The minimum atomic E-state index is 0.224. The van der Waals surface area contributed by atoms with Gasteiger partial charge in [0, 0.05) is 18.6 Å². The first-order valence-electron chi connectivity index (χ1n) is 7.03. The first kappa shape index (κ1) is 13.6. The van der Waals surface area contributed by atoms with Crippen molar-refractivity contribution in [3.8, 4) is 0 Å². The van der Waals surface area contributed by atoms with Crippen molar-refractivity contribution < 1.29 is 0 Å². The molecule has 0 amide bonds. The number of likely N-dealkylation sites (N-methyl/N-ethyl adjacent to an activating group) is 1. The highest BCUT2D eigenvalue weighted by Crippen LogP contribution is 2.38. The number of nitrogens with two attached hydrogens (primary N) is 1. The maximum Gasteiger partial charge on any atom is 0.0334 e. The van der Waals surface area contributed by atoms with Crippen LogP contribution in [0, 0.1) is 12.8 Å². The van der Waals surface area contributed by atoms with E-state index < -0.39 is 0 Å². The van der Waals surface area contributed by atoms with Gasteiger partial charge in [0.25, 0.3) is 0 Å². The lowest BCUT2D eigenvalue weighted by Gasteiger charge is -2.38. The third-order valence-electron chi connectivity index (χ3n) is 4.69. The van der Waals surface area contributed by atoms with Crippen molar-refractivity contribution in [1.82, 2.24) is 4.90 Å². The summed E-state index contributed by atoms with van der Waals surface area (Å²) in [6.45, 7) is 6.32. The highest BCUT2D eigenvalue weighted by atomic mass is 15.2. The lowest BCUT2D eigenvalue weighted by molar-refractivity contribution is 0.120. The Morgan fingerprint density at radius 2 is 2.11 bits per heavy atom. The number of nitrogens with zero attached hydrogens (tertiary/aromatic N) is 1. The number of hydrogen-bond donors (Lipinski definition) is 1. The summed E-state index contributed by atoms with van der Waals surface area (Å²) >= 11 is 0. The van der Waals surface area contributed by atoms with E-state index in [0.29, 0.717) is 0 Å². The van der Waals surface area contributed by atoms with E-state index in [-0.39, 0.29) is 5.54 Å². The minimum Gasteiger partial charge on any atom is -0.329 e. The van der Waals surface area contributed by atoms with E-state index in [0.717, 1.165) is 19.0 Å². The third-order valence-corrected chi connectivity index (χ3v) is 4.69. The zero-order chi connectivity index (χ0) is 13.2. The molecule has 0 spiro atoms. The van der Waals surface area contributed by atoms with Crippen LogP contribution < -0.4 is 5.73 Å². The number of rotatable bonds is 4. The number of benzene rings is 1. The third kappa shape index (κ3) is 2.60. The van der Waals surface area contributed by atoms with Crippen molar-refractivity contribution >= 4 is 0 Å². The van der Waals surface area contributed by atoms with E-state index in [1.807, 2.05) is 0 Å². The van der Waals surface area contributed by atoms with E-state index in [2.05, 4.69) is 50.1 Å². The Balaban J connectivity index is 2.11. The molecule has 1 saturated carbocycles. The van der Waals surface area contributed by atoms with Crippen LogP contribution in [0.4, 0.5) is 0 Å². The Kier molecular flexibility index (Phi) is 4.08. The molecule has 1 aliphatic carbocycles. The summed E-state index contributed by atoms with van der Waals surface area (Å²) in [4.78, 5) is 2.48. The zero-order valence-corrected chi connectivity index (χ0v) is 11.9. The summed E-state index contributed by atoms with van der Waals surface area (Å²) in [7, 11) is 2.23. The van der Waals surface area contributed by atoms with E-state index in [1.54, 1.807) is 0 Å². The maximum atomic E-state index is 6.08. The lowest BCUT2D eigenvalue weighted by atomic mass is 9.93. The van der Waals surface area contributed by atoms with Gasteiger partial charge in [0.1, 0.15) is 0 Å². The van der Waals surface area contributed by atoms with Gasteiger partial charge in [0.2, 0.25) is 0 Å². The monoisotopic (exact) mass is 246 g/mol. The SMILES string of the molecule is Cc1ccccc1CN(C)C1(CN)CCC(C)C1. The molecule has 0 aliphatic heterocycles. The summed E-state index contributed by atoms with van der Waals surface area (Å²) < 4.78 is 0. The molecule has 100 valence electrons. The molecule has 1 aromatic carbocycles. The molecule has 2 unspecified atom stereocenters. The van der Waals surface area contributed by atoms with Crippen LogP contribution in [0.3, 0.4) is 0 Å².